The fourth-order valence-corrected chi connectivity index (χ4v) is 3.34. The van der Waals surface area contributed by atoms with E-state index >= 15 is 0 Å². The Morgan fingerprint density at radius 2 is 1.84 bits per heavy atom. The van der Waals surface area contributed by atoms with Crippen LogP contribution in [0.2, 0.25) is 0 Å². The maximum Gasteiger partial charge on any atom is 0.439 e. The van der Waals surface area contributed by atoms with Gasteiger partial charge in [0, 0.05) is 16.8 Å². The molecule has 0 unspecified atom stereocenters. The molecule has 0 aliphatic rings. The van der Waals surface area contributed by atoms with E-state index in [0.717, 1.165) is 0 Å². The number of nitrogens with zero attached hydrogens (tertiary/aromatic N) is 3. The Morgan fingerprint density at radius 3 is 2.59 bits per heavy atom. The van der Waals surface area contributed by atoms with Crippen LogP contribution in [0, 0.1) is 12.7 Å². The molecule has 9 nitrogen and oxygen atoms in total. The molecule has 2 aromatic carbocycles. The van der Waals surface area contributed by atoms with Crippen LogP contribution in [0.5, 0.6) is 0 Å². The Bertz CT molecular complexity index is 1520. The first-order valence-electron chi connectivity index (χ1n) is 9.49. The van der Waals surface area contributed by atoms with E-state index in [1.54, 1.807) is 49.4 Å². The molecular formula is C22H14FN5O4. The molecule has 2 N–H and O–H groups in total. The Kier molecular flexibility index (Phi) is 4.59. The van der Waals surface area contributed by atoms with E-state index in [0.29, 0.717) is 39.2 Å². The maximum atomic E-state index is 13.3. The Labute approximate surface area is 178 Å². The number of amides is 1. The molecule has 0 saturated carbocycles. The van der Waals surface area contributed by atoms with Crippen molar-refractivity contribution in [3.8, 4) is 22.6 Å². The van der Waals surface area contributed by atoms with E-state index in [2.05, 4.69) is 30.1 Å². The summed E-state index contributed by atoms with van der Waals surface area (Å²) in [4.78, 5) is 31.3. The van der Waals surface area contributed by atoms with Crippen molar-refractivity contribution in [1.29, 1.82) is 0 Å². The zero-order valence-corrected chi connectivity index (χ0v) is 16.5. The van der Waals surface area contributed by atoms with Gasteiger partial charge in [0.15, 0.2) is 5.82 Å². The lowest BCUT2D eigenvalue weighted by Gasteiger charge is -2.09. The number of aryl methyl sites for hydroxylation is 1. The molecule has 32 heavy (non-hydrogen) atoms. The number of rotatable bonds is 4. The molecule has 0 aliphatic heterocycles. The zero-order chi connectivity index (χ0) is 22.2. The van der Waals surface area contributed by atoms with Crippen molar-refractivity contribution in [2.45, 2.75) is 6.92 Å². The van der Waals surface area contributed by atoms with E-state index in [-0.39, 0.29) is 17.4 Å². The van der Waals surface area contributed by atoms with Crippen molar-refractivity contribution >= 4 is 22.7 Å². The van der Waals surface area contributed by atoms with Crippen LogP contribution < -0.4 is 11.1 Å². The molecule has 0 spiro atoms. The van der Waals surface area contributed by atoms with Gasteiger partial charge in [-0.3, -0.25) is 14.3 Å². The largest absolute Gasteiger partial charge is 0.439 e. The molecule has 0 radical (unpaired) electrons. The van der Waals surface area contributed by atoms with Crippen molar-refractivity contribution in [3.63, 3.8) is 0 Å². The molecule has 0 bridgehead atoms. The van der Waals surface area contributed by atoms with Gasteiger partial charge in [0.05, 0.1) is 22.3 Å². The van der Waals surface area contributed by atoms with Gasteiger partial charge in [0.1, 0.15) is 5.82 Å². The van der Waals surface area contributed by atoms with E-state index in [9.17, 15) is 14.0 Å². The lowest BCUT2D eigenvalue weighted by molar-refractivity contribution is 0.102. The monoisotopic (exact) mass is 431 g/mol. The second-order valence-electron chi connectivity index (χ2n) is 6.99. The molecule has 3 heterocycles. The smallest absolute Gasteiger partial charge is 0.335 e. The van der Waals surface area contributed by atoms with Gasteiger partial charge in [-0.15, -0.1) is 0 Å². The summed E-state index contributed by atoms with van der Waals surface area (Å²) in [5, 5.41) is 10.9. The van der Waals surface area contributed by atoms with Crippen LogP contribution in [0.15, 0.2) is 68.4 Å². The highest BCUT2D eigenvalue weighted by Gasteiger charge is 2.20. The first kappa shape index (κ1) is 19.4. The van der Waals surface area contributed by atoms with Crippen LogP contribution in [0.1, 0.15) is 16.1 Å². The number of hydrogen-bond acceptors (Lipinski definition) is 7. The van der Waals surface area contributed by atoms with Crippen LogP contribution in [0.4, 0.5) is 10.1 Å². The molecule has 0 saturated heterocycles. The fraction of sp³-hybridized carbons (Fsp3) is 0.0455. The minimum atomic E-state index is -0.676. The first-order chi connectivity index (χ1) is 15.5. The summed E-state index contributed by atoms with van der Waals surface area (Å²) in [6.45, 7) is 1.71. The average Bonchev–Trinajstić information content (AvgIpc) is 3.39. The Morgan fingerprint density at radius 1 is 1.03 bits per heavy atom. The topological polar surface area (TPSA) is 127 Å². The van der Waals surface area contributed by atoms with Crippen molar-refractivity contribution in [2.24, 2.45) is 0 Å². The van der Waals surface area contributed by atoms with Gasteiger partial charge < -0.3 is 9.84 Å². The maximum absolute atomic E-state index is 13.3. The summed E-state index contributed by atoms with van der Waals surface area (Å²) in [5.41, 5.74) is 3.09. The third kappa shape index (κ3) is 3.54. The molecule has 158 valence electrons. The normalized spacial score (nSPS) is 11.1. The quantitative estimate of drug-likeness (QED) is 0.441. The predicted octanol–water partition coefficient (Wildman–Crippen LogP) is 3.93. The number of pyridine rings is 1. The molecule has 0 aliphatic carbocycles. The van der Waals surface area contributed by atoms with E-state index in [4.69, 9.17) is 4.52 Å². The van der Waals surface area contributed by atoms with E-state index < -0.39 is 11.7 Å². The SMILES string of the molecule is Cc1noc2nc(-c3ccc(F)cc3)cc(C(=O)Nc3cccc(-c4noc(=O)[nH]4)c3)c12. The van der Waals surface area contributed by atoms with Gasteiger partial charge in [0.2, 0.25) is 0 Å². The highest BCUT2D eigenvalue weighted by atomic mass is 19.1. The molecule has 5 rings (SSSR count). The van der Waals surface area contributed by atoms with Crippen LogP contribution in [-0.2, 0) is 0 Å². The molecule has 3 aromatic heterocycles. The molecule has 10 heteroatoms. The van der Waals surface area contributed by atoms with Crippen molar-refractivity contribution in [1.82, 2.24) is 20.3 Å². The first-order valence-corrected chi connectivity index (χ1v) is 9.49. The summed E-state index contributed by atoms with van der Waals surface area (Å²) >= 11 is 0. The summed E-state index contributed by atoms with van der Waals surface area (Å²) in [7, 11) is 0. The lowest BCUT2D eigenvalue weighted by Crippen LogP contribution is -2.13. The number of halogens is 1. The zero-order valence-electron chi connectivity index (χ0n) is 16.5. The number of H-pyrrole nitrogens is 1. The lowest BCUT2D eigenvalue weighted by atomic mass is 10.0. The molecular weight excluding hydrogens is 417 g/mol. The third-order valence-electron chi connectivity index (χ3n) is 4.84. The predicted molar refractivity (Wildman–Crippen MR) is 112 cm³/mol. The number of anilines is 1. The highest BCUT2D eigenvalue weighted by Crippen LogP contribution is 2.28. The molecule has 5 aromatic rings. The van der Waals surface area contributed by atoms with Crippen molar-refractivity contribution < 1.29 is 18.2 Å². The third-order valence-corrected chi connectivity index (χ3v) is 4.84. The van der Waals surface area contributed by atoms with E-state index in [1.165, 1.54) is 12.1 Å². The van der Waals surface area contributed by atoms with Gasteiger partial charge in [-0.05, 0) is 49.4 Å². The number of fused-ring (bicyclic) bond motifs is 1. The molecule has 0 atom stereocenters. The number of aromatic nitrogens is 4. The minimum Gasteiger partial charge on any atom is -0.335 e. The summed E-state index contributed by atoms with van der Waals surface area (Å²) in [6.07, 6.45) is 0. The molecule has 1 amide bonds. The van der Waals surface area contributed by atoms with Crippen LogP contribution >= 0.6 is 0 Å². The van der Waals surface area contributed by atoms with Gasteiger partial charge >= 0.3 is 5.76 Å². The minimum absolute atomic E-state index is 0.198. The Hall–Kier alpha value is -4.60. The number of carbonyl (C=O) groups is 1. The number of nitrogens with one attached hydrogen (secondary N) is 2. The number of aromatic amines is 1. The average molecular weight is 431 g/mol. The van der Waals surface area contributed by atoms with Gasteiger partial charge in [-0.2, -0.15) is 0 Å². The van der Waals surface area contributed by atoms with Crippen LogP contribution in [0.3, 0.4) is 0 Å². The standard InChI is InChI=1S/C22H14FN5O4/c1-11-18-16(10-17(25-21(18)31-27-11)12-5-7-14(23)8-6-12)20(29)24-15-4-2-3-13(9-15)19-26-22(30)32-28-19/h2-10H,1H3,(H,24,29)(H,26,28,30). The number of benzene rings is 2. The summed E-state index contributed by atoms with van der Waals surface area (Å²) < 4.78 is 23.1. The molecule has 0 fully saturated rings. The van der Waals surface area contributed by atoms with E-state index in [1.807, 2.05) is 0 Å². The second kappa shape index (κ2) is 7.58. The highest BCUT2D eigenvalue weighted by molar-refractivity contribution is 6.13. The number of carbonyl (C=O) groups excluding carboxylic acids is 1. The summed E-state index contributed by atoms with van der Waals surface area (Å²) in [6, 6.07) is 14.1. The van der Waals surface area contributed by atoms with Gasteiger partial charge in [-0.1, -0.05) is 22.4 Å². The van der Waals surface area contributed by atoms with Gasteiger partial charge in [0.25, 0.3) is 11.6 Å². The Balaban J connectivity index is 1.54. The fourth-order valence-electron chi connectivity index (χ4n) is 3.34. The van der Waals surface area contributed by atoms with Crippen LogP contribution in [0.25, 0.3) is 33.7 Å². The summed E-state index contributed by atoms with van der Waals surface area (Å²) in [5.74, 6) is -1.23. The van der Waals surface area contributed by atoms with Crippen molar-refractivity contribution in [3.05, 3.63) is 82.2 Å². The number of hydrogen-bond donors (Lipinski definition) is 2. The van der Waals surface area contributed by atoms with Gasteiger partial charge in [-0.25, -0.2) is 14.2 Å². The second-order valence-corrected chi connectivity index (χ2v) is 6.99. The van der Waals surface area contributed by atoms with Crippen molar-refractivity contribution in [2.75, 3.05) is 5.32 Å². The van der Waals surface area contributed by atoms with Crippen LogP contribution in [-0.4, -0.2) is 26.2 Å².